The number of aryl methyl sites for hydroxylation is 1. The summed E-state index contributed by atoms with van der Waals surface area (Å²) in [5.41, 5.74) is 6.08. The number of amides is 2. The molecule has 7 heteroatoms. The average molecular weight is 288 g/mol. The van der Waals surface area contributed by atoms with Gasteiger partial charge in [-0.1, -0.05) is 17.7 Å². The number of nitrogens with zero attached hydrogens (tertiary/aromatic N) is 1. The highest BCUT2D eigenvalue weighted by Gasteiger charge is 2.26. The van der Waals surface area contributed by atoms with E-state index < -0.39 is 16.1 Å². The summed E-state index contributed by atoms with van der Waals surface area (Å²) in [6.45, 7) is 1.93. The summed E-state index contributed by atoms with van der Waals surface area (Å²) in [6, 6.07) is 5.35. The molecule has 0 saturated carbocycles. The molecule has 1 rings (SSSR count). The Kier molecular flexibility index (Phi) is 5.03. The third-order valence-electron chi connectivity index (χ3n) is 2.35. The van der Waals surface area contributed by atoms with Gasteiger partial charge in [-0.3, -0.25) is 0 Å². The molecule has 0 fully saturated rings. The highest BCUT2D eigenvalue weighted by molar-refractivity contribution is 7.98. The maximum atomic E-state index is 12.2. The SMILES string of the molecule is CSCCN(C(N)=O)S(=O)(=O)c1ccc(C)cc1. The van der Waals surface area contributed by atoms with Crippen molar-refractivity contribution in [2.45, 2.75) is 11.8 Å². The van der Waals surface area contributed by atoms with Gasteiger partial charge in [0.25, 0.3) is 10.0 Å². The summed E-state index contributed by atoms with van der Waals surface area (Å²) in [7, 11) is -3.84. The minimum absolute atomic E-state index is 0.0761. The van der Waals surface area contributed by atoms with Crippen molar-refractivity contribution in [2.75, 3.05) is 18.6 Å². The van der Waals surface area contributed by atoms with Crippen molar-refractivity contribution in [1.82, 2.24) is 4.31 Å². The standard InChI is InChI=1S/C11H16N2O3S2/c1-9-3-5-10(6-4-9)18(15,16)13(11(12)14)7-8-17-2/h3-6H,7-8H2,1-2H3,(H2,12,14). The zero-order chi connectivity index (χ0) is 13.8. The molecule has 0 spiro atoms. The van der Waals surface area contributed by atoms with Crippen LogP contribution in [0.2, 0.25) is 0 Å². The van der Waals surface area contributed by atoms with Gasteiger partial charge in [0.05, 0.1) is 4.90 Å². The second kappa shape index (κ2) is 6.10. The smallest absolute Gasteiger partial charge is 0.328 e. The van der Waals surface area contributed by atoms with E-state index in [0.29, 0.717) is 10.1 Å². The van der Waals surface area contributed by atoms with Crippen LogP contribution in [0.15, 0.2) is 29.2 Å². The lowest BCUT2D eigenvalue weighted by Gasteiger charge is -2.19. The minimum atomic E-state index is -3.84. The monoisotopic (exact) mass is 288 g/mol. The molecule has 2 N–H and O–H groups in total. The topological polar surface area (TPSA) is 80.5 Å². The lowest BCUT2D eigenvalue weighted by Crippen LogP contribution is -2.41. The molecule has 18 heavy (non-hydrogen) atoms. The van der Waals surface area contributed by atoms with Gasteiger partial charge in [0.1, 0.15) is 0 Å². The van der Waals surface area contributed by atoms with E-state index in [0.717, 1.165) is 5.56 Å². The van der Waals surface area contributed by atoms with Crippen LogP contribution >= 0.6 is 11.8 Å². The van der Waals surface area contributed by atoms with E-state index in [1.807, 2.05) is 13.2 Å². The van der Waals surface area contributed by atoms with Gasteiger partial charge in [-0.15, -0.1) is 0 Å². The molecular weight excluding hydrogens is 272 g/mol. The van der Waals surface area contributed by atoms with E-state index in [-0.39, 0.29) is 11.4 Å². The Balaban J connectivity index is 3.09. The summed E-state index contributed by atoms with van der Waals surface area (Å²) in [5.74, 6) is 0.508. The minimum Gasteiger partial charge on any atom is -0.351 e. The number of hydrogen-bond donors (Lipinski definition) is 1. The number of carbonyl (C=O) groups is 1. The van der Waals surface area contributed by atoms with Gasteiger partial charge in [-0.2, -0.15) is 11.8 Å². The molecule has 0 aliphatic rings. The first-order valence-electron chi connectivity index (χ1n) is 5.27. The molecular formula is C11H16N2O3S2. The Morgan fingerprint density at radius 1 is 1.33 bits per heavy atom. The van der Waals surface area contributed by atoms with Crippen LogP contribution in [-0.4, -0.2) is 37.3 Å². The Morgan fingerprint density at radius 3 is 2.33 bits per heavy atom. The molecule has 1 aromatic rings. The van der Waals surface area contributed by atoms with Gasteiger partial charge in [0, 0.05) is 12.3 Å². The number of primary amides is 1. The first kappa shape index (κ1) is 14.8. The second-order valence-electron chi connectivity index (χ2n) is 3.72. The normalized spacial score (nSPS) is 11.2. The Bertz CT molecular complexity index is 512. The van der Waals surface area contributed by atoms with E-state index in [1.165, 1.54) is 23.9 Å². The van der Waals surface area contributed by atoms with E-state index in [1.54, 1.807) is 12.1 Å². The van der Waals surface area contributed by atoms with Gasteiger partial charge in [-0.25, -0.2) is 17.5 Å². The Hall–Kier alpha value is -1.21. The van der Waals surface area contributed by atoms with Crippen LogP contribution in [0.25, 0.3) is 0 Å². The molecule has 0 unspecified atom stereocenters. The molecule has 0 bridgehead atoms. The van der Waals surface area contributed by atoms with Crippen LogP contribution in [0.5, 0.6) is 0 Å². The van der Waals surface area contributed by atoms with Gasteiger partial charge < -0.3 is 5.73 Å². The fourth-order valence-electron chi connectivity index (χ4n) is 1.36. The zero-order valence-electron chi connectivity index (χ0n) is 10.3. The molecule has 100 valence electrons. The molecule has 1 aromatic carbocycles. The van der Waals surface area contributed by atoms with Crippen LogP contribution < -0.4 is 5.73 Å². The van der Waals surface area contributed by atoms with Crippen LogP contribution in [0, 0.1) is 6.92 Å². The summed E-state index contributed by atoms with van der Waals surface area (Å²) < 4.78 is 25.1. The quantitative estimate of drug-likeness (QED) is 0.888. The van der Waals surface area contributed by atoms with Crippen molar-refractivity contribution in [3.63, 3.8) is 0 Å². The van der Waals surface area contributed by atoms with Crippen LogP contribution in [-0.2, 0) is 10.0 Å². The predicted molar refractivity (Wildman–Crippen MR) is 73.0 cm³/mol. The highest BCUT2D eigenvalue weighted by Crippen LogP contribution is 2.16. The predicted octanol–water partition coefficient (Wildman–Crippen LogP) is 1.43. The molecule has 0 aliphatic heterocycles. The van der Waals surface area contributed by atoms with Crippen LogP contribution in [0.3, 0.4) is 0 Å². The second-order valence-corrected chi connectivity index (χ2v) is 6.57. The number of urea groups is 1. The Morgan fingerprint density at radius 2 is 1.89 bits per heavy atom. The van der Waals surface area contributed by atoms with E-state index in [9.17, 15) is 13.2 Å². The summed E-state index contributed by atoms with van der Waals surface area (Å²) in [4.78, 5) is 11.3. The van der Waals surface area contributed by atoms with Crippen molar-refractivity contribution in [2.24, 2.45) is 5.73 Å². The fraction of sp³-hybridized carbons (Fsp3) is 0.364. The molecule has 2 amide bonds. The van der Waals surface area contributed by atoms with Crippen molar-refractivity contribution in [3.05, 3.63) is 29.8 Å². The van der Waals surface area contributed by atoms with E-state index in [4.69, 9.17) is 5.73 Å². The number of benzene rings is 1. The van der Waals surface area contributed by atoms with Crippen LogP contribution in [0.1, 0.15) is 5.56 Å². The first-order valence-corrected chi connectivity index (χ1v) is 8.10. The highest BCUT2D eigenvalue weighted by atomic mass is 32.2. The first-order chi connectivity index (χ1) is 8.39. The third-order valence-corrected chi connectivity index (χ3v) is 4.75. The molecule has 0 atom stereocenters. The van der Waals surface area contributed by atoms with Gasteiger partial charge in [0.2, 0.25) is 0 Å². The molecule has 0 aliphatic carbocycles. The number of carbonyl (C=O) groups excluding carboxylic acids is 1. The maximum absolute atomic E-state index is 12.2. The Labute approximate surface area is 111 Å². The number of thioether (sulfide) groups is 1. The number of nitrogens with two attached hydrogens (primary N) is 1. The molecule has 5 nitrogen and oxygen atoms in total. The van der Waals surface area contributed by atoms with E-state index >= 15 is 0 Å². The number of sulfonamides is 1. The van der Waals surface area contributed by atoms with Crippen LogP contribution in [0.4, 0.5) is 4.79 Å². The van der Waals surface area contributed by atoms with Gasteiger partial charge >= 0.3 is 6.03 Å². The molecule has 0 saturated heterocycles. The average Bonchev–Trinajstić information content (AvgIpc) is 2.29. The van der Waals surface area contributed by atoms with Gasteiger partial charge in [0.15, 0.2) is 0 Å². The number of rotatable bonds is 5. The largest absolute Gasteiger partial charge is 0.351 e. The molecule has 0 radical (unpaired) electrons. The van der Waals surface area contributed by atoms with Crippen molar-refractivity contribution in [3.8, 4) is 0 Å². The lowest BCUT2D eigenvalue weighted by molar-refractivity contribution is 0.233. The summed E-state index contributed by atoms with van der Waals surface area (Å²) in [6.07, 6.45) is 1.83. The summed E-state index contributed by atoms with van der Waals surface area (Å²) >= 11 is 1.45. The zero-order valence-corrected chi connectivity index (χ0v) is 11.9. The summed E-state index contributed by atoms with van der Waals surface area (Å²) in [5, 5.41) is 0. The van der Waals surface area contributed by atoms with Crippen molar-refractivity contribution >= 4 is 27.8 Å². The lowest BCUT2D eigenvalue weighted by atomic mass is 10.2. The number of hydrogen-bond acceptors (Lipinski definition) is 4. The molecule has 0 heterocycles. The van der Waals surface area contributed by atoms with E-state index in [2.05, 4.69) is 0 Å². The fourth-order valence-corrected chi connectivity index (χ4v) is 3.14. The third kappa shape index (κ3) is 3.39. The van der Waals surface area contributed by atoms with Crippen molar-refractivity contribution < 1.29 is 13.2 Å². The van der Waals surface area contributed by atoms with Crippen molar-refractivity contribution in [1.29, 1.82) is 0 Å². The van der Waals surface area contributed by atoms with Gasteiger partial charge in [-0.05, 0) is 25.3 Å². The maximum Gasteiger partial charge on any atom is 0.328 e. The molecule has 0 aromatic heterocycles.